The van der Waals surface area contributed by atoms with Crippen molar-refractivity contribution in [3.8, 4) is 0 Å². The molecule has 0 aliphatic rings. The summed E-state index contributed by atoms with van der Waals surface area (Å²) < 4.78 is 15.8. The number of rotatable bonds is 5. The first-order valence-electron chi connectivity index (χ1n) is 6.34. The predicted molar refractivity (Wildman–Crippen MR) is 81.7 cm³/mol. The van der Waals surface area contributed by atoms with E-state index in [0.717, 1.165) is 23.5 Å². The van der Waals surface area contributed by atoms with Crippen LogP contribution in [0, 0.1) is 12.7 Å². The van der Waals surface area contributed by atoms with Gasteiger partial charge in [-0.3, -0.25) is 0 Å². The molecule has 0 fully saturated rings. The number of fused-ring (bicyclic) bond motifs is 1. The Hall–Kier alpha value is -0.740. The molecule has 2 nitrogen and oxygen atoms in total. The van der Waals surface area contributed by atoms with Gasteiger partial charge in [0.1, 0.15) is 11.6 Å². The van der Waals surface area contributed by atoms with Crippen molar-refractivity contribution >= 4 is 34.4 Å². The highest BCUT2D eigenvalue weighted by Crippen LogP contribution is 2.28. The van der Waals surface area contributed by atoms with Crippen LogP contribution in [0.15, 0.2) is 12.1 Å². The number of hydrogen-bond acceptors (Lipinski definition) is 2. The van der Waals surface area contributed by atoms with Crippen molar-refractivity contribution in [3.05, 3.63) is 29.3 Å². The van der Waals surface area contributed by atoms with Crippen molar-refractivity contribution in [2.24, 2.45) is 0 Å². The minimum Gasteiger partial charge on any atom is -0.323 e. The molecule has 2 rings (SSSR count). The van der Waals surface area contributed by atoms with Gasteiger partial charge in [-0.2, -0.15) is 11.8 Å². The molecule has 5 heteroatoms. The summed E-state index contributed by atoms with van der Waals surface area (Å²) >= 11 is 7.80. The molecule has 1 unspecified atom stereocenters. The molecule has 1 aromatic carbocycles. The molecule has 0 N–H and O–H groups in total. The van der Waals surface area contributed by atoms with Gasteiger partial charge >= 0.3 is 0 Å². The summed E-state index contributed by atoms with van der Waals surface area (Å²) in [6.07, 6.45) is 3.10. The number of aromatic nitrogens is 2. The number of halogens is 2. The number of nitrogens with zero attached hydrogens (tertiary/aromatic N) is 2. The van der Waals surface area contributed by atoms with Crippen molar-refractivity contribution in [3.63, 3.8) is 0 Å². The summed E-state index contributed by atoms with van der Waals surface area (Å²) in [4.78, 5) is 4.47. The van der Waals surface area contributed by atoms with Gasteiger partial charge in [0.2, 0.25) is 0 Å². The molecule has 0 spiro atoms. The Balaban J connectivity index is 2.65. The van der Waals surface area contributed by atoms with E-state index in [0.29, 0.717) is 23.0 Å². The van der Waals surface area contributed by atoms with Crippen LogP contribution in [-0.4, -0.2) is 21.6 Å². The second kappa shape index (κ2) is 6.14. The van der Waals surface area contributed by atoms with Crippen LogP contribution >= 0.6 is 23.4 Å². The van der Waals surface area contributed by atoms with E-state index in [-0.39, 0.29) is 5.82 Å². The van der Waals surface area contributed by atoms with Gasteiger partial charge in [0.05, 0.1) is 16.9 Å². The smallest absolute Gasteiger partial charge is 0.128 e. The second-order valence-electron chi connectivity index (χ2n) is 4.64. The number of aryl methyl sites for hydroxylation is 1. The number of imidazole rings is 1. The van der Waals surface area contributed by atoms with E-state index < -0.39 is 0 Å². The average Bonchev–Trinajstić information content (AvgIpc) is 2.74. The zero-order valence-corrected chi connectivity index (χ0v) is 13.0. The average molecular weight is 301 g/mol. The molecule has 0 bridgehead atoms. The Bertz CT molecular complexity index is 582. The lowest BCUT2D eigenvalue weighted by Crippen LogP contribution is -2.13. The Morgan fingerprint density at radius 2 is 2.21 bits per heavy atom. The maximum absolute atomic E-state index is 13.6. The minimum absolute atomic E-state index is 0.212. The third-order valence-corrected chi connectivity index (χ3v) is 4.32. The van der Waals surface area contributed by atoms with Crippen LogP contribution in [-0.2, 0) is 5.88 Å². The number of benzene rings is 1. The maximum Gasteiger partial charge on any atom is 0.128 e. The summed E-state index contributed by atoms with van der Waals surface area (Å²) in [7, 11) is 0. The first-order chi connectivity index (χ1) is 9.12. The summed E-state index contributed by atoms with van der Waals surface area (Å²) in [5.41, 5.74) is 2.32. The Morgan fingerprint density at radius 1 is 1.47 bits per heavy atom. The highest BCUT2D eigenvalue weighted by Gasteiger charge is 2.18. The number of hydrogen-bond donors (Lipinski definition) is 0. The Kier molecular flexibility index (Phi) is 4.74. The van der Waals surface area contributed by atoms with Crippen LogP contribution in [0.3, 0.4) is 0 Å². The van der Waals surface area contributed by atoms with E-state index in [9.17, 15) is 4.39 Å². The fourth-order valence-corrected chi connectivity index (χ4v) is 3.30. The lowest BCUT2D eigenvalue weighted by Gasteiger charge is -2.19. The molecule has 0 saturated heterocycles. The summed E-state index contributed by atoms with van der Waals surface area (Å²) in [5.74, 6) is 1.96. The van der Waals surface area contributed by atoms with Gasteiger partial charge in [0.25, 0.3) is 0 Å². The van der Waals surface area contributed by atoms with Crippen molar-refractivity contribution in [2.75, 3.05) is 12.0 Å². The topological polar surface area (TPSA) is 17.8 Å². The highest BCUT2D eigenvalue weighted by molar-refractivity contribution is 7.98. The van der Waals surface area contributed by atoms with E-state index in [1.165, 1.54) is 6.07 Å². The van der Waals surface area contributed by atoms with Gasteiger partial charge in [-0.25, -0.2) is 9.37 Å². The molecule has 19 heavy (non-hydrogen) atoms. The molecule has 0 aliphatic carbocycles. The van der Waals surface area contributed by atoms with E-state index >= 15 is 0 Å². The van der Waals surface area contributed by atoms with Gasteiger partial charge < -0.3 is 4.57 Å². The SMILES string of the molecule is CCC(CSC)n1c(CCl)nc2cc(F)c(C)cc21. The maximum atomic E-state index is 13.6. The van der Waals surface area contributed by atoms with Crippen LogP contribution in [0.2, 0.25) is 0 Å². The second-order valence-corrected chi connectivity index (χ2v) is 5.82. The number of alkyl halides is 1. The van der Waals surface area contributed by atoms with Crippen LogP contribution in [0.4, 0.5) is 4.39 Å². The quantitative estimate of drug-likeness (QED) is 0.755. The molecule has 2 aromatic rings. The Morgan fingerprint density at radius 3 is 2.79 bits per heavy atom. The van der Waals surface area contributed by atoms with Gasteiger partial charge in [-0.1, -0.05) is 6.92 Å². The fourth-order valence-electron chi connectivity index (χ4n) is 2.34. The van der Waals surface area contributed by atoms with E-state index in [2.05, 4.69) is 22.7 Å². The van der Waals surface area contributed by atoms with Gasteiger partial charge in [0, 0.05) is 17.9 Å². The van der Waals surface area contributed by atoms with Crippen LogP contribution in [0.25, 0.3) is 11.0 Å². The molecule has 0 aliphatic heterocycles. The fraction of sp³-hybridized carbons (Fsp3) is 0.500. The van der Waals surface area contributed by atoms with E-state index in [1.807, 2.05) is 6.07 Å². The number of thioether (sulfide) groups is 1. The molecule has 1 atom stereocenters. The predicted octanol–water partition coefficient (Wildman–Crippen LogP) is 4.54. The van der Waals surface area contributed by atoms with Gasteiger partial charge in [-0.15, -0.1) is 11.6 Å². The lowest BCUT2D eigenvalue weighted by atomic mass is 10.2. The first-order valence-corrected chi connectivity index (χ1v) is 8.27. The molecule has 104 valence electrons. The normalized spacial score (nSPS) is 13.1. The lowest BCUT2D eigenvalue weighted by molar-refractivity contribution is 0.538. The van der Waals surface area contributed by atoms with Gasteiger partial charge in [0.15, 0.2) is 0 Å². The molecule has 1 heterocycles. The van der Waals surface area contributed by atoms with Crippen molar-refractivity contribution < 1.29 is 4.39 Å². The zero-order valence-electron chi connectivity index (χ0n) is 11.4. The standard InChI is InChI=1S/C14H18ClFN2S/c1-4-10(8-19-3)18-13-5-9(2)11(16)6-12(13)17-14(18)7-15/h5-6,10H,4,7-8H2,1-3H3. The summed E-state index contributed by atoms with van der Waals surface area (Å²) in [5, 5.41) is 0. The first kappa shape index (κ1) is 14.7. The molecule has 0 saturated carbocycles. The van der Waals surface area contributed by atoms with E-state index in [4.69, 9.17) is 11.6 Å². The molecular formula is C14H18ClFN2S. The van der Waals surface area contributed by atoms with E-state index in [1.54, 1.807) is 18.7 Å². The molecule has 0 amide bonds. The highest BCUT2D eigenvalue weighted by atomic mass is 35.5. The molecule has 1 aromatic heterocycles. The van der Waals surface area contributed by atoms with Crippen LogP contribution in [0.5, 0.6) is 0 Å². The zero-order chi connectivity index (χ0) is 14.0. The third-order valence-electron chi connectivity index (χ3n) is 3.36. The Labute approximate surface area is 122 Å². The van der Waals surface area contributed by atoms with Crippen molar-refractivity contribution in [1.82, 2.24) is 9.55 Å². The molecular weight excluding hydrogens is 283 g/mol. The summed E-state index contributed by atoms with van der Waals surface area (Å²) in [6, 6.07) is 3.72. The van der Waals surface area contributed by atoms with Crippen LogP contribution in [0.1, 0.15) is 30.8 Å². The summed E-state index contributed by atoms with van der Waals surface area (Å²) in [6.45, 7) is 3.93. The van der Waals surface area contributed by atoms with Crippen LogP contribution < -0.4 is 0 Å². The third kappa shape index (κ3) is 2.75. The minimum atomic E-state index is -0.212. The molecule has 0 radical (unpaired) electrons. The van der Waals surface area contributed by atoms with Crippen molar-refractivity contribution in [1.29, 1.82) is 0 Å². The van der Waals surface area contributed by atoms with Gasteiger partial charge in [-0.05, 0) is 31.2 Å². The largest absolute Gasteiger partial charge is 0.323 e. The monoisotopic (exact) mass is 300 g/mol. The van der Waals surface area contributed by atoms with Crippen molar-refractivity contribution in [2.45, 2.75) is 32.2 Å².